The van der Waals surface area contributed by atoms with Crippen molar-refractivity contribution in [3.8, 4) is 5.75 Å². The Morgan fingerprint density at radius 2 is 2.24 bits per heavy atom. The zero-order chi connectivity index (χ0) is 17.1. The summed E-state index contributed by atoms with van der Waals surface area (Å²) in [5, 5.41) is 4.30. The number of carbonyl (C=O) groups excluding carboxylic acids is 1. The molecule has 136 valence electrons. The maximum atomic E-state index is 12.0. The van der Waals surface area contributed by atoms with Crippen LogP contribution in [0.5, 0.6) is 5.75 Å². The molecule has 9 heteroatoms. The molecule has 0 unspecified atom stereocenters. The van der Waals surface area contributed by atoms with E-state index in [1.807, 2.05) is 0 Å². The second-order valence-corrected chi connectivity index (χ2v) is 7.35. The van der Waals surface area contributed by atoms with Gasteiger partial charge in [-0.05, 0) is 24.7 Å². The maximum absolute atomic E-state index is 12.0. The second kappa shape index (κ2) is 9.05. The number of benzene rings is 1. The van der Waals surface area contributed by atoms with Gasteiger partial charge in [0.15, 0.2) is 11.7 Å². The van der Waals surface area contributed by atoms with Gasteiger partial charge in [0.2, 0.25) is 0 Å². The SMILES string of the molecule is CCN1CCc2nc(NC(=O)COc3ccc(Cl)cc3Cl)sc2C1.Cl. The van der Waals surface area contributed by atoms with E-state index in [9.17, 15) is 4.79 Å². The van der Waals surface area contributed by atoms with Crippen LogP contribution in [0.25, 0.3) is 0 Å². The molecule has 0 saturated carbocycles. The lowest BCUT2D eigenvalue weighted by atomic mass is 10.2. The third-order valence-electron chi connectivity index (χ3n) is 3.76. The third-order valence-corrected chi connectivity index (χ3v) is 5.28. The number of likely N-dealkylation sites (N-methyl/N-ethyl adjacent to an activating group) is 1. The first-order chi connectivity index (χ1) is 11.5. The Hall–Kier alpha value is -1.05. The van der Waals surface area contributed by atoms with Crippen LogP contribution < -0.4 is 10.1 Å². The van der Waals surface area contributed by atoms with E-state index in [2.05, 4.69) is 22.1 Å². The molecule has 1 aliphatic rings. The molecule has 0 aliphatic carbocycles. The van der Waals surface area contributed by atoms with E-state index in [4.69, 9.17) is 27.9 Å². The van der Waals surface area contributed by atoms with Gasteiger partial charge >= 0.3 is 0 Å². The summed E-state index contributed by atoms with van der Waals surface area (Å²) in [5.41, 5.74) is 1.08. The number of nitrogens with one attached hydrogen (secondary N) is 1. The van der Waals surface area contributed by atoms with Crippen molar-refractivity contribution >= 4 is 58.0 Å². The average molecular weight is 423 g/mol. The highest BCUT2D eigenvalue weighted by Crippen LogP contribution is 2.29. The van der Waals surface area contributed by atoms with E-state index in [1.54, 1.807) is 18.2 Å². The number of thiazole rings is 1. The smallest absolute Gasteiger partial charge is 0.264 e. The average Bonchev–Trinajstić information content (AvgIpc) is 2.95. The molecule has 5 nitrogen and oxygen atoms in total. The van der Waals surface area contributed by atoms with Gasteiger partial charge in [-0.25, -0.2) is 4.98 Å². The summed E-state index contributed by atoms with van der Waals surface area (Å²) in [6.45, 7) is 4.95. The van der Waals surface area contributed by atoms with E-state index in [0.717, 1.165) is 31.7 Å². The number of rotatable bonds is 5. The predicted octanol–water partition coefficient (Wildman–Crippen LogP) is 4.27. The van der Waals surface area contributed by atoms with Crippen molar-refractivity contribution in [2.45, 2.75) is 19.9 Å². The Balaban J connectivity index is 0.00000225. The molecule has 1 aliphatic heterocycles. The van der Waals surface area contributed by atoms with E-state index in [0.29, 0.717) is 20.9 Å². The molecule has 3 rings (SSSR count). The van der Waals surface area contributed by atoms with Crippen molar-refractivity contribution in [1.29, 1.82) is 0 Å². The molecule has 1 N–H and O–H groups in total. The Labute approximate surface area is 166 Å². The van der Waals surface area contributed by atoms with Crippen LogP contribution in [0.1, 0.15) is 17.5 Å². The lowest BCUT2D eigenvalue weighted by Crippen LogP contribution is -2.29. The number of aromatic nitrogens is 1. The molecule has 0 atom stereocenters. The fraction of sp³-hybridized carbons (Fsp3) is 0.375. The van der Waals surface area contributed by atoms with E-state index in [-0.39, 0.29) is 24.9 Å². The van der Waals surface area contributed by atoms with Gasteiger partial charge in [0.05, 0.1) is 10.7 Å². The van der Waals surface area contributed by atoms with Gasteiger partial charge < -0.3 is 4.74 Å². The highest BCUT2D eigenvalue weighted by Gasteiger charge is 2.20. The van der Waals surface area contributed by atoms with Gasteiger partial charge in [0.25, 0.3) is 5.91 Å². The highest BCUT2D eigenvalue weighted by atomic mass is 35.5. The topological polar surface area (TPSA) is 54.5 Å². The maximum Gasteiger partial charge on any atom is 0.264 e. The third kappa shape index (κ3) is 5.21. The quantitative estimate of drug-likeness (QED) is 0.782. The van der Waals surface area contributed by atoms with E-state index < -0.39 is 0 Å². The first-order valence-electron chi connectivity index (χ1n) is 7.63. The van der Waals surface area contributed by atoms with Crippen LogP contribution in [0.15, 0.2) is 18.2 Å². The lowest BCUT2D eigenvalue weighted by Gasteiger charge is -2.23. The van der Waals surface area contributed by atoms with Crippen LogP contribution in [0.4, 0.5) is 5.13 Å². The van der Waals surface area contributed by atoms with Crippen LogP contribution in [-0.4, -0.2) is 35.5 Å². The van der Waals surface area contributed by atoms with Crippen LogP contribution in [0.3, 0.4) is 0 Å². The van der Waals surface area contributed by atoms with Gasteiger partial charge in [-0.1, -0.05) is 30.1 Å². The standard InChI is InChI=1S/C16H17Cl2N3O2S.ClH/c1-2-21-6-5-12-14(8-21)24-16(19-12)20-15(22)9-23-13-4-3-10(17)7-11(13)18;/h3-4,7H,2,5-6,8-9H2,1H3,(H,19,20,22);1H. The number of hydrogen-bond donors (Lipinski definition) is 1. The molecule has 1 amide bonds. The summed E-state index contributed by atoms with van der Waals surface area (Å²) in [7, 11) is 0. The van der Waals surface area contributed by atoms with Crippen molar-refractivity contribution in [1.82, 2.24) is 9.88 Å². The molecule has 25 heavy (non-hydrogen) atoms. The first-order valence-corrected chi connectivity index (χ1v) is 9.21. The van der Waals surface area contributed by atoms with Gasteiger partial charge in [-0.15, -0.1) is 23.7 Å². The Morgan fingerprint density at radius 1 is 1.44 bits per heavy atom. The molecule has 1 aromatic carbocycles. The molecular formula is C16H18Cl3N3O2S. The van der Waals surface area contributed by atoms with Crippen LogP contribution >= 0.6 is 46.9 Å². The number of ether oxygens (including phenoxy) is 1. The summed E-state index contributed by atoms with van der Waals surface area (Å²) in [6, 6.07) is 4.87. The van der Waals surface area contributed by atoms with Crippen LogP contribution in [0, 0.1) is 0 Å². The highest BCUT2D eigenvalue weighted by molar-refractivity contribution is 7.15. The normalized spacial score (nSPS) is 13.7. The Bertz CT molecular complexity index is 754. The Morgan fingerprint density at radius 3 is 2.96 bits per heavy atom. The predicted molar refractivity (Wildman–Crippen MR) is 105 cm³/mol. The first kappa shape index (κ1) is 20.3. The largest absolute Gasteiger partial charge is 0.482 e. The number of fused-ring (bicyclic) bond motifs is 1. The number of amides is 1. The molecule has 0 fully saturated rings. The second-order valence-electron chi connectivity index (χ2n) is 5.42. The number of carbonyl (C=O) groups is 1. The minimum Gasteiger partial charge on any atom is -0.482 e. The number of halogens is 3. The van der Waals surface area contributed by atoms with Gasteiger partial charge in [-0.2, -0.15) is 0 Å². The van der Waals surface area contributed by atoms with Crippen LogP contribution in [0.2, 0.25) is 10.0 Å². The summed E-state index contributed by atoms with van der Waals surface area (Å²) in [6.07, 6.45) is 0.923. The molecule has 1 aromatic heterocycles. The summed E-state index contributed by atoms with van der Waals surface area (Å²) in [5.74, 6) is 0.160. The zero-order valence-corrected chi connectivity index (χ0v) is 16.7. The zero-order valence-electron chi connectivity index (χ0n) is 13.6. The molecule has 0 bridgehead atoms. The fourth-order valence-electron chi connectivity index (χ4n) is 2.46. The number of anilines is 1. The van der Waals surface area contributed by atoms with E-state index in [1.165, 1.54) is 16.2 Å². The monoisotopic (exact) mass is 421 g/mol. The fourth-order valence-corrected chi connectivity index (χ4v) is 3.99. The van der Waals surface area contributed by atoms with Crippen molar-refractivity contribution in [3.63, 3.8) is 0 Å². The van der Waals surface area contributed by atoms with E-state index >= 15 is 0 Å². The minimum absolute atomic E-state index is 0. The van der Waals surface area contributed by atoms with Gasteiger partial charge in [-0.3, -0.25) is 15.0 Å². The van der Waals surface area contributed by atoms with Crippen molar-refractivity contribution in [2.24, 2.45) is 0 Å². The van der Waals surface area contributed by atoms with Crippen molar-refractivity contribution in [3.05, 3.63) is 38.8 Å². The summed E-state index contributed by atoms with van der Waals surface area (Å²) < 4.78 is 5.43. The molecule has 0 radical (unpaired) electrons. The molecule has 2 aromatic rings. The van der Waals surface area contributed by atoms with Crippen molar-refractivity contribution < 1.29 is 9.53 Å². The van der Waals surface area contributed by atoms with Gasteiger partial charge in [0.1, 0.15) is 5.75 Å². The number of nitrogens with zero attached hydrogens (tertiary/aromatic N) is 2. The summed E-state index contributed by atoms with van der Waals surface area (Å²) in [4.78, 5) is 20.1. The van der Waals surface area contributed by atoms with Gasteiger partial charge in [0, 0.05) is 29.4 Å². The Kier molecular flexibility index (Phi) is 7.34. The molecule has 0 spiro atoms. The molecular weight excluding hydrogens is 405 g/mol. The van der Waals surface area contributed by atoms with Crippen LogP contribution in [-0.2, 0) is 17.8 Å². The molecule has 0 saturated heterocycles. The summed E-state index contributed by atoms with van der Waals surface area (Å²) >= 11 is 13.4. The minimum atomic E-state index is -0.264. The lowest BCUT2D eigenvalue weighted by molar-refractivity contribution is -0.118. The number of hydrogen-bond acceptors (Lipinski definition) is 5. The van der Waals surface area contributed by atoms with Crippen molar-refractivity contribution in [2.75, 3.05) is 25.0 Å². The molecule has 2 heterocycles.